The molecular weight excluding hydrogens is 299 g/mol. The number of carbonyl (C=O) groups excluding carboxylic acids is 1. The van der Waals surface area contributed by atoms with Gasteiger partial charge < -0.3 is 0 Å². The summed E-state index contributed by atoms with van der Waals surface area (Å²) in [5.74, 6) is -1.27. The first-order chi connectivity index (χ1) is 10.6. The second kappa shape index (κ2) is 5.62. The molecular formula is C17H15FN2OS. The molecule has 1 saturated carbocycles. The van der Waals surface area contributed by atoms with Crippen molar-refractivity contribution in [1.29, 1.82) is 5.26 Å². The van der Waals surface area contributed by atoms with Crippen molar-refractivity contribution in [3.05, 3.63) is 51.7 Å². The van der Waals surface area contributed by atoms with Gasteiger partial charge in [0.1, 0.15) is 10.8 Å². The number of aromatic nitrogens is 1. The number of benzene rings is 1. The van der Waals surface area contributed by atoms with Crippen LogP contribution in [0.2, 0.25) is 0 Å². The third kappa shape index (κ3) is 2.34. The molecule has 112 valence electrons. The van der Waals surface area contributed by atoms with Crippen LogP contribution in [0.5, 0.6) is 0 Å². The molecule has 0 N–H and O–H groups in total. The molecule has 0 unspecified atom stereocenters. The third-order valence-electron chi connectivity index (χ3n) is 4.35. The van der Waals surface area contributed by atoms with E-state index < -0.39 is 11.3 Å². The number of hydrogen-bond acceptors (Lipinski definition) is 4. The number of nitrogens with zero attached hydrogens (tertiary/aromatic N) is 2. The minimum Gasteiger partial charge on any atom is -0.297 e. The fourth-order valence-corrected chi connectivity index (χ4v) is 3.82. The third-order valence-corrected chi connectivity index (χ3v) is 5.38. The SMILES string of the molecule is Cc1csc([C@H](C#N)C(=O)C2(c3ccc(F)cc3)CCC2)n1. The van der Waals surface area contributed by atoms with Crippen molar-refractivity contribution >= 4 is 17.1 Å². The van der Waals surface area contributed by atoms with Gasteiger partial charge >= 0.3 is 0 Å². The summed E-state index contributed by atoms with van der Waals surface area (Å²) in [5.41, 5.74) is 0.962. The lowest BCUT2D eigenvalue weighted by atomic mass is 9.60. The van der Waals surface area contributed by atoms with Crippen molar-refractivity contribution in [2.24, 2.45) is 0 Å². The van der Waals surface area contributed by atoms with E-state index in [9.17, 15) is 14.4 Å². The molecule has 1 aromatic carbocycles. The predicted molar refractivity (Wildman–Crippen MR) is 82.1 cm³/mol. The highest BCUT2D eigenvalue weighted by Gasteiger charge is 2.49. The maximum Gasteiger partial charge on any atom is 0.167 e. The van der Waals surface area contributed by atoms with Gasteiger partial charge in [-0.15, -0.1) is 11.3 Å². The van der Waals surface area contributed by atoms with Crippen molar-refractivity contribution in [2.75, 3.05) is 0 Å². The van der Waals surface area contributed by atoms with Gasteiger partial charge in [0.2, 0.25) is 0 Å². The molecule has 0 bridgehead atoms. The van der Waals surface area contributed by atoms with Crippen LogP contribution in [-0.2, 0) is 10.2 Å². The second-order valence-corrected chi connectivity index (χ2v) is 6.59. The monoisotopic (exact) mass is 314 g/mol. The summed E-state index contributed by atoms with van der Waals surface area (Å²) in [4.78, 5) is 17.3. The van der Waals surface area contributed by atoms with Crippen LogP contribution < -0.4 is 0 Å². The van der Waals surface area contributed by atoms with E-state index in [4.69, 9.17) is 0 Å². The van der Waals surface area contributed by atoms with Gasteiger partial charge in [-0.3, -0.25) is 4.79 Å². The zero-order valence-corrected chi connectivity index (χ0v) is 13.0. The fourth-order valence-electron chi connectivity index (χ4n) is 2.98. The summed E-state index contributed by atoms with van der Waals surface area (Å²) in [6, 6.07) is 8.18. The van der Waals surface area contributed by atoms with E-state index in [0.717, 1.165) is 17.7 Å². The highest BCUT2D eigenvalue weighted by atomic mass is 32.1. The van der Waals surface area contributed by atoms with E-state index in [1.807, 2.05) is 12.3 Å². The number of halogens is 1. The molecule has 3 nitrogen and oxygen atoms in total. The Bertz CT molecular complexity index is 741. The molecule has 1 fully saturated rings. The van der Waals surface area contributed by atoms with Gasteiger partial charge in [-0.25, -0.2) is 9.37 Å². The van der Waals surface area contributed by atoms with E-state index in [2.05, 4.69) is 11.1 Å². The Morgan fingerprint density at radius 2 is 2.09 bits per heavy atom. The van der Waals surface area contributed by atoms with Crippen LogP contribution >= 0.6 is 11.3 Å². The molecule has 2 aromatic rings. The molecule has 1 aromatic heterocycles. The lowest BCUT2D eigenvalue weighted by Crippen LogP contribution is -2.44. The van der Waals surface area contributed by atoms with Crippen molar-refractivity contribution in [1.82, 2.24) is 4.98 Å². The first-order valence-electron chi connectivity index (χ1n) is 7.19. The number of rotatable bonds is 4. The number of thiazole rings is 1. The molecule has 22 heavy (non-hydrogen) atoms. The molecule has 0 spiro atoms. The van der Waals surface area contributed by atoms with Gasteiger partial charge in [-0.05, 0) is 37.5 Å². The van der Waals surface area contributed by atoms with Gasteiger partial charge in [-0.1, -0.05) is 18.6 Å². The molecule has 0 radical (unpaired) electrons. The van der Waals surface area contributed by atoms with E-state index in [0.29, 0.717) is 17.8 Å². The van der Waals surface area contributed by atoms with Crippen LogP contribution in [-0.4, -0.2) is 10.8 Å². The maximum absolute atomic E-state index is 13.1. The van der Waals surface area contributed by atoms with Crippen LogP contribution in [0, 0.1) is 24.1 Å². The number of carbonyl (C=O) groups is 1. The molecule has 0 aliphatic heterocycles. The highest BCUT2D eigenvalue weighted by Crippen LogP contribution is 2.47. The quantitative estimate of drug-likeness (QED) is 0.860. The Hall–Kier alpha value is -2.06. The van der Waals surface area contributed by atoms with E-state index in [-0.39, 0.29) is 11.6 Å². The van der Waals surface area contributed by atoms with E-state index in [1.165, 1.54) is 23.5 Å². The molecule has 1 aliphatic carbocycles. The largest absolute Gasteiger partial charge is 0.297 e. The molecule has 3 rings (SSSR count). The van der Waals surface area contributed by atoms with Crippen molar-refractivity contribution in [2.45, 2.75) is 37.5 Å². The minimum atomic E-state index is -0.843. The Morgan fingerprint density at radius 1 is 1.41 bits per heavy atom. The molecule has 0 amide bonds. The average molecular weight is 314 g/mol. The summed E-state index contributed by atoms with van der Waals surface area (Å²) in [6.07, 6.45) is 2.36. The van der Waals surface area contributed by atoms with Crippen molar-refractivity contribution < 1.29 is 9.18 Å². The summed E-state index contributed by atoms with van der Waals surface area (Å²) in [5, 5.41) is 11.9. The fraction of sp³-hybridized carbons (Fsp3) is 0.353. The Kier molecular flexibility index (Phi) is 3.79. The maximum atomic E-state index is 13.1. The second-order valence-electron chi connectivity index (χ2n) is 5.70. The first-order valence-corrected chi connectivity index (χ1v) is 8.07. The summed E-state index contributed by atoms with van der Waals surface area (Å²) in [7, 11) is 0. The first kappa shape index (κ1) is 14.9. The normalized spacial score (nSPS) is 17.3. The molecule has 1 heterocycles. The summed E-state index contributed by atoms with van der Waals surface area (Å²) in [6.45, 7) is 1.85. The van der Waals surface area contributed by atoms with Crippen LogP contribution in [0.1, 0.15) is 41.4 Å². The van der Waals surface area contributed by atoms with Crippen LogP contribution in [0.4, 0.5) is 4.39 Å². The van der Waals surface area contributed by atoms with Crippen LogP contribution in [0.3, 0.4) is 0 Å². The molecule has 5 heteroatoms. The number of ketones is 1. The predicted octanol–water partition coefficient (Wildman–Crippen LogP) is 3.89. The van der Waals surface area contributed by atoms with Gasteiger partial charge in [0.25, 0.3) is 0 Å². The van der Waals surface area contributed by atoms with Gasteiger partial charge in [-0.2, -0.15) is 5.26 Å². The van der Waals surface area contributed by atoms with Crippen LogP contribution in [0.25, 0.3) is 0 Å². The molecule has 0 saturated heterocycles. The van der Waals surface area contributed by atoms with Gasteiger partial charge in [0.15, 0.2) is 11.7 Å². The molecule has 1 atom stereocenters. The number of aryl methyl sites for hydroxylation is 1. The zero-order valence-electron chi connectivity index (χ0n) is 12.2. The summed E-state index contributed by atoms with van der Waals surface area (Å²) < 4.78 is 13.1. The van der Waals surface area contributed by atoms with Crippen molar-refractivity contribution in [3.8, 4) is 6.07 Å². The van der Waals surface area contributed by atoms with Crippen molar-refractivity contribution in [3.63, 3.8) is 0 Å². The van der Waals surface area contributed by atoms with E-state index >= 15 is 0 Å². The lowest BCUT2D eigenvalue weighted by Gasteiger charge is -2.41. The standard InChI is InChI=1S/C17H15FN2OS/c1-11-10-22-16(20-11)14(9-19)15(21)17(7-2-8-17)12-3-5-13(18)6-4-12/h3-6,10,14H,2,7-8H2,1H3/t14-/m1/s1. The van der Waals surface area contributed by atoms with Gasteiger partial charge in [0.05, 0.1) is 11.5 Å². The van der Waals surface area contributed by atoms with Gasteiger partial charge in [0, 0.05) is 11.1 Å². The average Bonchev–Trinajstić information content (AvgIpc) is 2.87. The Labute approximate surface area is 132 Å². The summed E-state index contributed by atoms with van der Waals surface area (Å²) >= 11 is 1.34. The number of nitriles is 1. The number of Topliss-reactive ketones (excluding diaryl/α,β-unsaturated/α-hetero) is 1. The number of hydrogen-bond donors (Lipinski definition) is 0. The smallest absolute Gasteiger partial charge is 0.167 e. The Morgan fingerprint density at radius 3 is 2.55 bits per heavy atom. The molecule has 1 aliphatic rings. The zero-order chi connectivity index (χ0) is 15.7. The lowest BCUT2D eigenvalue weighted by molar-refractivity contribution is -0.128. The van der Waals surface area contributed by atoms with Crippen LogP contribution in [0.15, 0.2) is 29.6 Å². The van der Waals surface area contributed by atoms with E-state index in [1.54, 1.807) is 12.1 Å². The Balaban J connectivity index is 1.97. The highest BCUT2D eigenvalue weighted by molar-refractivity contribution is 7.09. The topological polar surface area (TPSA) is 53.8 Å². The minimum absolute atomic E-state index is 0.109.